The topological polar surface area (TPSA) is 42.5 Å². The Balaban J connectivity index is 0. The Morgan fingerprint density at radius 1 is 1.25 bits per heavy atom. The zero-order valence-corrected chi connectivity index (χ0v) is 2.95. The molecule has 0 amide bonds. The normalized spacial score (nSPS) is 4.50. The lowest BCUT2D eigenvalue weighted by Crippen LogP contribution is -1.89. The van der Waals surface area contributed by atoms with Crippen molar-refractivity contribution in [1.29, 1.82) is 0 Å². The molecule has 0 aliphatic rings. The van der Waals surface area contributed by atoms with Crippen molar-refractivity contribution in [3.8, 4) is 0 Å². The van der Waals surface area contributed by atoms with Gasteiger partial charge in [-0.3, -0.25) is 0 Å². The quantitative estimate of drug-likeness (QED) is 0.396. The van der Waals surface area contributed by atoms with E-state index in [1.54, 1.807) is 0 Å². The Kier molecular flexibility index (Phi) is 38.9. The second-order valence-electron chi connectivity index (χ2n) is 0.500. The van der Waals surface area contributed by atoms with E-state index >= 15 is 0 Å². The molecule has 2 radical (unpaired) electrons. The first-order valence-corrected chi connectivity index (χ1v) is 1.00. The summed E-state index contributed by atoms with van der Waals surface area (Å²) in [6.45, 7) is 0. The van der Waals surface area contributed by atoms with Crippen LogP contribution in [0.15, 0.2) is 0 Å². The molecule has 0 fully saturated rings. The van der Waals surface area contributed by atoms with Crippen LogP contribution in [0.2, 0.25) is 0 Å². The van der Waals surface area contributed by atoms with E-state index in [-0.39, 0.29) is 6.15 Å². The molecule has 22 valence electrons. The van der Waals surface area contributed by atoms with E-state index in [9.17, 15) is 0 Å². The molecule has 0 aromatic rings. The summed E-state index contributed by atoms with van der Waals surface area (Å²) < 4.78 is 0. The lowest BCUT2D eigenvalue weighted by molar-refractivity contribution is 1.02. The molecule has 0 aromatic carbocycles. The Labute approximate surface area is 26.8 Å². The lowest BCUT2D eigenvalue weighted by atomic mass is 11.3. The highest BCUT2D eigenvalue weighted by Gasteiger charge is 3.00. The minimum absolute atomic E-state index is 0. The summed E-state index contributed by atoms with van der Waals surface area (Å²) >= 11 is 0. The predicted molar refractivity (Wildman–Crippen MR) is 17.1 cm³/mol. The number of nitrogens with zero attached hydrogens (tertiary/aromatic N) is 1. The third-order valence-electron chi connectivity index (χ3n) is 0. The Morgan fingerprint density at radius 3 is 1.25 bits per heavy atom. The van der Waals surface area contributed by atoms with E-state index in [4.69, 9.17) is 0 Å². The SMILES string of the molecule is CNC.[N+3]. The Morgan fingerprint density at radius 2 is 1.25 bits per heavy atom. The molecular formula is C2H7N2+3. The van der Waals surface area contributed by atoms with Gasteiger partial charge >= 0.3 is 6.15 Å². The van der Waals surface area contributed by atoms with Gasteiger partial charge in [0.15, 0.2) is 0 Å². The molecule has 2 heteroatoms. The molecule has 0 rings (SSSR count). The van der Waals surface area contributed by atoms with Gasteiger partial charge in [-0.25, -0.2) is 0 Å². The lowest BCUT2D eigenvalue weighted by Gasteiger charge is -1.59. The van der Waals surface area contributed by atoms with E-state index in [0.29, 0.717) is 0 Å². The van der Waals surface area contributed by atoms with Crippen LogP contribution >= 0.6 is 0 Å². The van der Waals surface area contributed by atoms with Crippen molar-refractivity contribution >= 4 is 0 Å². The van der Waals surface area contributed by atoms with Crippen molar-refractivity contribution in [2.75, 3.05) is 14.1 Å². The van der Waals surface area contributed by atoms with Gasteiger partial charge in [-0.05, 0) is 14.1 Å². The minimum Gasteiger partial charge on any atom is -0.323 e. The summed E-state index contributed by atoms with van der Waals surface area (Å²) in [6, 6.07) is 0. The smallest absolute Gasteiger partial charge is 0.323 e. The second-order valence-corrected chi connectivity index (χ2v) is 0.500. The van der Waals surface area contributed by atoms with Crippen LogP contribution in [0.5, 0.6) is 0 Å². The fraction of sp³-hybridized carbons (Fsp3) is 1.00. The molecule has 4 heavy (non-hydrogen) atoms. The highest BCUT2D eigenvalue weighted by atomic mass is 14.7. The van der Waals surface area contributed by atoms with Gasteiger partial charge < -0.3 is 5.32 Å². The van der Waals surface area contributed by atoms with E-state index < -0.39 is 0 Å². The van der Waals surface area contributed by atoms with E-state index in [2.05, 4.69) is 5.32 Å². The summed E-state index contributed by atoms with van der Waals surface area (Å²) in [5.41, 5.74) is 0. The first kappa shape index (κ1) is 9.38. The van der Waals surface area contributed by atoms with E-state index in [0.717, 1.165) is 0 Å². The van der Waals surface area contributed by atoms with Gasteiger partial charge in [0, 0.05) is 0 Å². The number of nitrogens with one attached hydrogen (secondary N) is 1. The van der Waals surface area contributed by atoms with Gasteiger partial charge in [-0.2, -0.15) is 0 Å². The van der Waals surface area contributed by atoms with Crippen LogP contribution in [0.3, 0.4) is 0 Å². The molecule has 0 spiro atoms. The predicted octanol–water partition coefficient (Wildman–Crippen LogP) is -0.645. The highest BCUT2D eigenvalue weighted by Crippen LogP contribution is 0.981. The van der Waals surface area contributed by atoms with Crippen LogP contribution < -0.4 is 11.5 Å². The van der Waals surface area contributed by atoms with Crippen LogP contribution in [0.25, 0.3) is 0 Å². The van der Waals surface area contributed by atoms with Crippen LogP contribution in [0.4, 0.5) is 0 Å². The fourth-order valence-corrected chi connectivity index (χ4v) is 0. The van der Waals surface area contributed by atoms with Crippen molar-refractivity contribution in [3.05, 3.63) is 0 Å². The number of hydrogen-bond acceptors (Lipinski definition) is 1. The Bertz CT molecular complexity index is 4.00. The van der Waals surface area contributed by atoms with E-state index in [1.165, 1.54) is 0 Å². The molecule has 2 nitrogen and oxygen atoms in total. The maximum absolute atomic E-state index is 2.75. The summed E-state index contributed by atoms with van der Waals surface area (Å²) in [5, 5.41) is 2.75. The molecule has 0 unspecified atom stereocenters. The third-order valence-corrected chi connectivity index (χ3v) is 0. The van der Waals surface area contributed by atoms with Gasteiger partial charge in [0.25, 0.3) is 0 Å². The molecule has 0 aliphatic carbocycles. The monoisotopic (exact) mass is 59.1 g/mol. The van der Waals surface area contributed by atoms with E-state index in [1.807, 2.05) is 14.1 Å². The van der Waals surface area contributed by atoms with Crippen LogP contribution in [-0.2, 0) is 0 Å². The third kappa shape index (κ3) is 6.88. The Hall–Kier alpha value is -0.330. The molecule has 0 bridgehead atoms. The maximum Gasteiger partial charge on any atom is 3.00 e. The maximum atomic E-state index is 2.75. The van der Waals surface area contributed by atoms with Crippen molar-refractivity contribution in [2.45, 2.75) is 0 Å². The van der Waals surface area contributed by atoms with Gasteiger partial charge in [-0.1, -0.05) is 0 Å². The fourth-order valence-electron chi connectivity index (χ4n) is 0. The zero-order valence-electron chi connectivity index (χ0n) is 2.95. The molecule has 0 aromatic heterocycles. The molecule has 0 saturated heterocycles. The van der Waals surface area contributed by atoms with Crippen molar-refractivity contribution in [3.63, 3.8) is 0 Å². The van der Waals surface area contributed by atoms with Gasteiger partial charge in [-0.15, -0.1) is 0 Å². The number of rotatable bonds is 0. The van der Waals surface area contributed by atoms with Crippen LogP contribution in [-0.4, -0.2) is 14.1 Å². The first-order valence-electron chi connectivity index (χ1n) is 1.00. The molecule has 0 saturated carbocycles. The highest BCUT2D eigenvalue weighted by molar-refractivity contribution is 3.91. The molecular weight excluding hydrogens is 52.0 g/mol. The molecule has 0 heterocycles. The number of hydrogen-bond donors (Lipinski definition) is 1. The van der Waals surface area contributed by atoms with Crippen LogP contribution in [0.1, 0.15) is 0 Å². The summed E-state index contributed by atoms with van der Waals surface area (Å²) in [7, 11) is 3.75. The largest absolute Gasteiger partial charge is 3.00 e. The van der Waals surface area contributed by atoms with Crippen molar-refractivity contribution < 1.29 is 0 Å². The van der Waals surface area contributed by atoms with Crippen LogP contribution in [0, 0.1) is 0 Å². The summed E-state index contributed by atoms with van der Waals surface area (Å²) in [5.74, 6) is 0. The summed E-state index contributed by atoms with van der Waals surface area (Å²) in [4.78, 5) is 0. The van der Waals surface area contributed by atoms with Crippen molar-refractivity contribution in [1.82, 2.24) is 11.5 Å². The minimum atomic E-state index is 0. The molecule has 1 N–H and O–H groups in total. The van der Waals surface area contributed by atoms with Gasteiger partial charge in [0.2, 0.25) is 0 Å². The zero-order chi connectivity index (χ0) is 2.71. The average molecular weight is 59.1 g/mol. The second kappa shape index (κ2) is 16.6. The van der Waals surface area contributed by atoms with Gasteiger partial charge in [0.05, 0.1) is 0 Å². The standard InChI is InChI=1S/C2H7N.N/c1-3-2;/h3H,1-2H3;/q;+3. The summed E-state index contributed by atoms with van der Waals surface area (Å²) in [6.07, 6.45) is 0. The molecule has 0 aliphatic heterocycles. The van der Waals surface area contributed by atoms with Crippen molar-refractivity contribution in [2.24, 2.45) is 0 Å². The molecule has 0 atom stereocenters. The first-order chi connectivity index (χ1) is 1.41. The average Bonchev–Trinajstić information content (AvgIpc) is 0.918. The van der Waals surface area contributed by atoms with Gasteiger partial charge in [0.1, 0.15) is 0 Å².